The molecule has 0 atom stereocenters. The average Bonchev–Trinajstić information content (AvgIpc) is 3.79. The molecule has 11 rings (SSSR count). The average molecular weight is 777 g/mol. The first-order valence-corrected chi connectivity index (χ1v) is 23.1. The van der Waals surface area contributed by atoms with E-state index in [1.54, 1.807) is 0 Å². The van der Waals surface area contributed by atoms with Crippen LogP contribution in [0.1, 0.15) is 51.7 Å². The van der Waals surface area contributed by atoms with Gasteiger partial charge < -0.3 is 9.13 Å². The van der Waals surface area contributed by atoms with E-state index in [0.717, 1.165) is 5.69 Å². The first kappa shape index (κ1) is 35.7. The maximum atomic E-state index is 2.63. The van der Waals surface area contributed by atoms with Gasteiger partial charge in [0, 0.05) is 32.9 Å². The summed E-state index contributed by atoms with van der Waals surface area (Å²) < 4.78 is 4.95. The van der Waals surface area contributed by atoms with Gasteiger partial charge in [0.25, 0.3) is 0 Å². The molecule has 0 aliphatic heterocycles. The van der Waals surface area contributed by atoms with Crippen LogP contribution in [-0.4, -0.2) is 17.2 Å². The molecular formula is C56H48N2Si. The SMILES string of the molecule is CC1(C)CCC(C)(C)c2cc([Si](c3ccccc3)(c3ccccc3)c3cccc(-n4c5ccccc5c5ccc(-n6c7ccccc7c7ccccc76)cc54)c3)ccc21. The lowest BCUT2D eigenvalue weighted by molar-refractivity contribution is 0.332. The molecular weight excluding hydrogens is 729 g/mol. The summed E-state index contributed by atoms with van der Waals surface area (Å²) >= 11 is 0. The van der Waals surface area contributed by atoms with Crippen molar-refractivity contribution in [1.29, 1.82) is 0 Å². The van der Waals surface area contributed by atoms with Gasteiger partial charge in [0.05, 0.1) is 22.1 Å². The van der Waals surface area contributed by atoms with Gasteiger partial charge in [0.15, 0.2) is 8.07 Å². The predicted molar refractivity (Wildman–Crippen MR) is 254 cm³/mol. The van der Waals surface area contributed by atoms with E-state index in [1.807, 2.05) is 0 Å². The van der Waals surface area contributed by atoms with Crippen LogP contribution in [0.2, 0.25) is 0 Å². The highest BCUT2D eigenvalue weighted by atomic mass is 28.3. The Morgan fingerprint density at radius 1 is 0.339 bits per heavy atom. The van der Waals surface area contributed by atoms with Gasteiger partial charge in [0.1, 0.15) is 0 Å². The minimum Gasteiger partial charge on any atom is -0.309 e. The summed E-state index contributed by atoms with van der Waals surface area (Å²) in [5, 5.41) is 10.7. The van der Waals surface area contributed by atoms with E-state index >= 15 is 0 Å². The largest absolute Gasteiger partial charge is 0.309 e. The molecule has 0 radical (unpaired) electrons. The molecule has 0 unspecified atom stereocenters. The van der Waals surface area contributed by atoms with E-state index in [1.165, 1.54) is 94.0 Å². The maximum absolute atomic E-state index is 2.88. The number of nitrogens with zero attached hydrogens (tertiary/aromatic N) is 2. The van der Waals surface area contributed by atoms with Crippen molar-refractivity contribution in [3.05, 3.63) is 205 Å². The fraction of sp³-hybridized carbons (Fsp3) is 0.143. The second-order valence-electron chi connectivity index (χ2n) is 18.0. The van der Waals surface area contributed by atoms with Crippen molar-refractivity contribution in [2.24, 2.45) is 0 Å². The van der Waals surface area contributed by atoms with Crippen molar-refractivity contribution in [1.82, 2.24) is 9.13 Å². The van der Waals surface area contributed by atoms with Gasteiger partial charge in [0.2, 0.25) is 0 Å². The minimum absolute atomic E-state index is 0.0906. The van der Waals surface area contributed by atoms with Crippen LogP contribution in [0.3, 0.4) is 0 Å². The van der Waals surface area contributed by atoms with E-state index in [-0.39, 0.29) is 10.8 Å². The molecule has 1 aliphatic carbocycles. The molecule has 8 aromatic carbocycles. The van der Waals surface area contributed by atoms with Crippen LogP contribution in [-0.2, 0) is 10.8 Å². The molecule has 0 saturated carbocycles. The van der Waals surface area contributed by atoms with Crippen molar-refractivity contribution in [3.63, 3.8) is 0 Å². The van der Waals surface area contributed by atoms with Crippen LogP contribution < -0.4 is 20.7 Å². The van der Waals surface area contributed by atoms with Gasteiger partial charge in [-0.3, -0.25) is 0 Å². The van der Waals surface area contributed by atoms with E-state index in [4.69, 9.17) is 0 Å². The molecule has 0 amide bonds. The third kappa shape index (κ3) is 5.37. The second kappa shape index (κ2) is 13.3. The Labute approximate surface area is 348 Å². The predicted octanol–water partition coefficient (Wildman–Crippen LogP) is 11.6. The maximum Gasteiger partial charge on any atom is 0.179 e. The van der Waals surface area contributed by atoms with Crippen molar-refractivity contribution in [2.45, 2.75) is 51.4 Å². The summed E-state index contributed by atoms with van der Waals surface area (Å²) in [5.41, 5.74) is 10.4. The lowest BCUT2D eigenvalue weighted by atomic mass is 9.63. The normalized spacial score (nSPS) is 14.9. The number of fused-ring (bicyclic) bond motifs is 7. The molecule has 0 N–H and O–H groups in total. The number of para-hydroxylation sites is 3. The van der Waals surface area contributed by atoms with Gasteiger partial charge in [-0.05, 0) is 98.0 Å². The van der Waals surface area contributed by atoms with Crippen LogP contribution in [0.15, 0.2) is 194 Å². The van der Waals surface area contributed by atoms with Crippen molar-refractivity contribution in [2.75, 3.05) is 0 Å². The number of benzene rings is 8. The lowest BCUT2D eigenvalue weighted by Crippen LogP contribution is -2.75. The highest BCUT2D eigenvalue weighted by molar-refractivity contribution is 7.19. The lowest BCUT2D eigenvalue weighted by Gasteiger charge is -2.43. The number of hydrogen-bond donors (Lipinski definition) is 0. The van der Waals surface area contributed by atoms with E-state index in [2.05, 4.69) is 231 Å². The van der Waals surface area contributed by atoms with Gasteiger partial charge in [-0.15, -0.1) is 0 Å². The monoisotopic (exact) mass is 776 g/mol. The molecule has 0 fully saturated rings. The Hall–Kier alpha value is -6.42. The third-order valence-electron chi connectivity index (χ3n) is 13.7. The van der Waals surface area contributed by atoms with Crippen LogP contribution in [0.25, 0.3) is 55.0 Å². The summed E-state index contributed by atoms with van der Waals surface area (Å²) in [7, 11) is -2.88. The Kier molecular flexibility index (Phi) is 8.06. The Morgan fingerprint density at radius 3 is 1.36 bits per heavy atom. The Balaban J connectivity index is 1.20. The minimum atomic E-state index is -2.88. The molecule has 286 valence electrons. The van der Waals surface area contributed by atoms with E-state index in [0.29, 0.717) is 0 Å². The Bertz CT molecular complexity index is 3130. The fourth-order valence-electron chi connectivity index (χ4n) is 10.7. The third-order valence-corrected chi connectivity index (χ3v) is 18.5. The molecule has 3 heteroatoms. The fourth-order valence-corrected chi connectivity index (χ4v) is 15.4. The van der Waals surface area contributed by atoms with Gasteiger partial charge in [-0.1, -0.05) is 179 Å². The summed E-state index contributed by atoms with van der Waals surface area (Å²) in [6, 6.07) is 73.6. The van der Waals surface area contributed by atoms with Gasteiger partial charge in [-0.25, -0.2) is 0 Å². The summed E-state index contributed by atoms with van der Waals surface area (Å²) in [6.07, 6.45) is 2.38. The molecule has 1 aliphatic rings. The summed E-state index contributed by atoms with van der Waals surface area (Å²) in [5.74, 6) is 0. The molecule has 0 spiro atoms. The molecule has 0 saturated heterocycles. The quantitative estimate of drug-likeness (QED) is 0.118. The van der Waals surface area contributed by atoms with Crippen LogP contribution in [0.4, 0.5) is 0 Å². The van der Waals surface area contributed by atoms with Gasteiger partial charge >= 0.3 is 0 Å². The molecule has 0 bridgehead atoms. The first-order chi connectivity index (χ1) is 28.8. The van der Waals surface area contributed by atoms with Crippen molar-refractivity contribution >= 4 is 72.4 Å². The standard InChI is InChI=1S/C56H48N2Si/c1-55(2)34-35-56(3,4)50-38-44(31-33-49(50)55)59(41-19-7-5-8-20-41,42-21-9-6-10-22-42)43-23-17-18-39(36-43)58-53-29-16-13-26-47(53)48-32-30-40(37-54(48)58)57-51-27-14-11-24-45(51)46-25-12-15-28-52(46)57/h5-33,36-38H,34-35H2,1-4H3. The Morgan fingerprint density at radius 2 is 0.780 bits per heavy atom. The molecule has 2 nitrogen and oxygen atoms in total. The highest BCUT2D eigenvalue weighted by Gasteiger charge is 2.44. The zero-order valence-electron chi connectivity index (χ0n) is 34.3. The topological polar surface area (TPSA) is 9.86 Å². The summed E-state index contributed by atoms with van der Waals surface area (Å²) in [6.45, 7) is 9.77. The molecule has 2 heterocycles. The molecule has 2 aromatic heterocycles. The van der Waals surface area contributed by atoms with Crippen LogP contribution in [0, 0.1) is 0 Å². The molecule has 10 aromatic rings. The zero-order chi connectivity index (χ0) is 39.9. The van der Waals surface area contributed by atoms with Crippen molar-refractivity contribution in [3.8, 4) is 11.4 Å². The van der Waals surface area contributed by atoms with Crippen molar-refractivity contribution < 1.29 is 0 Å². The van der Waals surface area contributed by atoms with Gasteiger partial charge in [-0.2, -0.15) is 0 Å². The number of hydrogen-bond acceptors (Lipinski definition) is 0. The van der Waals surface area contributed by atoms with Crippen LogP contribution in [0.5, 0.6) is 0 Å². The number of aromatic nitrogens is 2. The van der Waals surface area contributed by atoms with E-state index < -0.39 is 8.07 Å². The molecule has 59 heavy (non-hydrogen) atoms. The second-order valence-corrected chi connectivity index (χ2v) is 21.8. The summed E-state index contributed by atoms with van der Waals surface area (Å²) in [4.78, 5) is 0. The van der Waals surface area contributed by atoms with E-state index in [9.17, 15) is 0 Å². The van der Waals surface area contributed by atoms with Crippen LogP contribution >= 0.6 is 0 Å². The smallest absolute Gasteiger partial charge is 0.179 e. The zero-order valence-corrected chi connectivity index (χ0v) is 35.3. The first-order valence-electron chi connectivity index (χ1n) is 21.1. The highest BCUT2D eigenvalue weighted by Crippen LogP contribution is 2.45. The number of rotatable bonds is 6.